The quantitative estimate of drug-likeness (QED) is 0.404. The molecule has 1 amide bonds. The van der Waals surface area contributed by atoms with Crippen LogP contribution in [0.15, 0.2) is 47.4 Å². The molecule has 202 valence electrons. The van der Waals surface area contributed by atoms with Gasteiger partial charge in [-0.25, -0.2) is 9.97 Å². The summed E-state index contributed by atoms with van der Waals surface area (Å²) in [6.07, 6.45) is -3.25. The minimum Gasteiger partial charge on any atom is -0.378 e. The summed E-state index contributed by atoms with van der Waals surface area (Å²) in [7, 11) is 1.53. The third kappa shape index (κ3) is 5.12. The van der Waals surface area contributed by atoms with Gasteiger partial charge in [-0.15, -0.1) is 0 Å². The van der Waals surface area contributed by atoms with E-state index in [9.17, 15) is 22.8 Å². The van der Waals surface area contributed by atoms with Crippen LogP contribution in [0.4, 0.5) is 30.5 Å². The normalized spacial score (nSPS) is 14.0. The molecule has 3 N–H and O–H groups in total. The molecule has 0 aliphatic carbocycles. The van der Waals surface area contributed by atoms with Crippen molar-refractivity contribution in [1.29, 1.82) is 0 Å². The largest absolute Gasteiger partial charge is 0.418 e. The third-order valence-electron chi connectivity index (χ3n) is 6.49. The van der Waals surface area contributed by atoms with E-state index in [1.54, 1.807) is 30.0 Å². The number of aryl methyl sites for hydroxylation is 2. The molecule has 2 aromatic carbocycles. The monoisotopic (exact) mass is 539 g/mol. The van der Waals surface area contributed by atoms with Crippen molar-refractivity contribution in [3.8, 4) is 11.3 Å². The van der Waals surface area contributed by atoms with Crippen LogP contribution in [0, 0.1) is 6.92 Å². The maximum atomic E-state index is 13.9. The van der Waals surface area contributed by atoms with E-state index in [1.165, 1.54) is 29.9 Å². The Labute approximate surface area is 220 Å². The number of amides is 1. The van der Waals surface area contributed by atoms with Gasteiger partial charge in [-0.05, 0) is 42.8 Å². The van der Waals surface area contributed by atoms with Crippen LogP contribution in [0.3, 0.4) is 0 Å². The van der Waals surface area contributed by atoms with Crippen LogP contribution in [0.2, 0.25) is 0 Å². The molecule has 1 aliphatic rings. The highest BCUT2D eigenvalue weighted by Crippen LogP contribution is 2.38. The van der Waals surface area contributed by atoms with Crippen molar-refractivity contribution in [3.05, 3.63) is 69.6 Å². The van der Waals surface area contributed by atoms with Crippen LogP contribution >= 0.6 is 0 Å². The van der Waals surface area contributed by atoms with Gasteiger partial charge < -0.3 is 20.7 Å². The highest BCUT2D eigenvalue weighted by atomic mass is 19.4. The molecule has 4 aromatic rings. The molecule has 0 saturated carbocycles. The number of benzene rings is 2. The van der Waals surface area contributed by atoms with E-state index in [4.69, 9.17) is 10.5 Å². The van der Waals surface area contributed by atoms with Crippen LogP contribution in [0.25, 0.3) is 22.4 Å². The van der Waals surface area contributed by atoms with Crippen molar-refractivity contribution >= 4 is 34.4 Å². The first-order chi connectivity index (χ1) is 18.5. The van der Waals surface area contributed by atoms with Crippen LogP contribution in [0.1, 0.15) is 21.5 Å². The first kappa shape index (κ1) is 26.1. The number of alkyl halides is 3. The standard InChI is InChI=1S/C26H24F3N7O3/c1-14-3-5-16(12-17(14)21-24(38)35(2)22-19(33-21)13-31-25(30)34-22)32-23(37)15-4-6-20(18(11-15)26(27,28)29)36-7-9-39-10-8-36/h3-6,11-13H,7-10H2,1-2H3,(H,32,37)(H2,30,31,34). The fourth-order valence-corrected chi connectivity index (χ4v) is 4.45. The zero-order valence-electron chi connectivity index (χ0n) is 21.0. The fourth-order valence-electron chi connectivity index (χ4n) is 4.45. The third-order valence-corrected chi connectivity index (χ3v) is 6.49. The second kappa shape index (κ2) is 9.98. The molecule has 1 fully saturated rings. The second-order valence-corrected chi connectivity index (χ2v) is 9.07. The van der Waals surface area contributed by atoms with Gasteiger partial charge in [0.05, 0.1) is 25.0 Å². The van der Waals surface area contributed by atoms with Gasteiger partial charge >= 0.3 is 6.18 Å². The fraction of sp³-hybridized carbons (Fsp3) is 0.269. The van der Waals surface area contributed by atoms with Gasteiger partial charge in [-0.3, -0.25) is 14.2 Å². The van der Waals surface area contributed by atoms with Crippen LogP contribution in [-0.4, -0.2) is 51.7 Å². The number of nitrogen functional groups attached to an aromatic ring is 1. The van der Waals surface area contributed by atoms with E-state index in [0.29, 0.717) is 42.9 Å². The molecule has 0 bridgehead atoms. The Morgan fingerprint density at radius 3 is 2.56 bits per heavy atom. The number of hydrogen-bond acceptors (Lipinski definition) is 8. The first-order valence-electron chi connectivity index (χ1n) is 12.0. The zero-order valence-corrected chi connectivity index (χ0v) is 21.0. The summed E-state index contributed by atoms with van der Waals surface area (Å²) in [6.45, 7) is 3.06. The molecule has 0 atom stereocenters. The summed E-state index contributed by atoms with van der Waals surface area (Å²) in [5, 5.41) is 2.63. The maximum Gasteiger partial charge on any atom is 0.418 e. The van der Waals surface area contributed by atoms with Crippen LogP contribution in [-0.2, 0) is 18.0 Å². The van der Waals surface area contributed by atoms with Crippen LogP contribution in [0.5, 0.6) is 0 Å². The number of halogens is 3. The molecular formula is C26H24F3N7O3. The molecular weight excluding hydrogens is 515 g/mol. The molecule has 1 aliphatic heterocycles. The van der Waals surface area contributed by atoms with Crippen molar-refractivity contribution in [2.45, 2.75) is 13.1 Å². The average molecular weight is 540 g/mol. The highest BCUT2D eigenvalue weighted by Gasteiger charge is 2.36. The lowest BCUT2D eigenvalue weighted by atomic mass is 10.0. The summed E-state index contributed by atoms with van der Waals surface area (Å²) in [5.74, 6) is -0.730. The first-order valence-corrected chi connectivity index (χ1v) is 12.0. The summed E-state index contributed by atoms with van der Waals surface area (Å²) >= 11 is 0. The van der Waals surface area contributed by atoms with Crippen molar-refractivity contribution in [3.63, 3.8) is 0 Å². The van der Waals surface area contributed by atoms with Crippen molar-refractivity contribution in [1.82, 2.24) is 19.5 Å². The Balaban J connectivity index is 1.48. The average Bonchev–Trinajstić information content (AvgIpc) is 2.92. The number of nitrogens with zero attached hydrogens (tertiary/aromatic N) is 5. The Hall–Kier alpha value is -4.52. The maximum absolute atomic E-state index is 13.9. The number of aromatic nitrogens is 4. The SMILES string of the molecule is Cc1ccc(NC(=O)c2ccc(N3CCOCC3)c(C(F)(F)F)c2)cc1-c1nc2cnc(N)nc2n(C)c1=O. The summed E-state index contributed by atoms with van der Waals surface area (Å²) in [5.41, 5.74) is 6.26. The van der Waals surface area contributed by atoms with Crippen molar-refractivity contribution in [2.75, 3.05) is 42.3 Å². The van der Waals surface area contributed by atoms with E-state index in [1.807, 2.05) is 0 Å². The lowest BCUT2D eigenvalue weighted by molar-refractivity contribution is -0.137. The number of nitrogens with two attached hydrogens (primary N) is 1. The topological polar surface area (TPSA) is 128 Å². The summed E-state index contributed by atoms with van der Waals surface area (Å²) in [4.78, 5) is 40.1. The highest BCUT2D eigenvalue weighted by molar-refractivity contribution is 6.05. The predicted molar refractivity (Wildman–Crippen MR) is 140 cm³/mol. The molecule has 1 saturated heterocycles. The number of rotatable bonds is 4. The van der Waals surface area contributed by atoms with Gasteiger partial charge in [0.25, 0.3) is 11.5 Å². The number of hydrogen-bond donors (Lipinski definition) is 2. The number of carbonyl (C=O) groups excluding carboxylic acids is 1. The molecule has 13 heteroatoms. The molecule has 0 radical (unpaired) electrons. The minimum absolute atomic E-state index is 0.000372. The lowest BCUT2D eigenvalue weighted by Gasteiger charge is -2.31. The number of anilines is 3. The van der Waals surface area contributed by atoms with Gasteiger partial charge in [-0.2, -0.15) is 18.2 Å². The van der Waals surface area contributed by atoms with E-state index in [2.05, 4.69) is 20.3 Å². The molecule has 3 heterocycles. The van der Waals surface area contributed by atoms with Gasteiger partial charge in [-0.1, -0.05) is 6.07 Å². The van der Waals surface area contributed by atoms with E-state index >= 15 is 0 Å². The molecule has 0 spiro atoms. The molecule has 2 aromatic heterocycles. The number of ether oxygens (including phenoxy) is 1. The number of carbonyl (C=O) groups is 1. The lowest BCUT2D eigenvalue weighted by Crippen LogP contribution is -2.37. The smallest absolute Gasteiger partial charge is 0.378 e. The molecule has 0 unspecified atom stereocenters. The van der Waals surface area contributed by atoms with Gasteiger partial charge in [0.2, 0.25) is 5.95 Å². The zero-order chi connectivity index (χ0) is 27.9. The predicted octanol–water partition coefficient (Wildman–Crippen LogP) is 3.39. The second-order valence-electron chi connectivity index (χ2n) is 9.07. The molecule has 39 heavy (non-hydrogen) atoms. The van der Waals surface area contributed by atoms with E-state index in [0.717, 1.165) is 6.07 Å². The Morgan fingerprint density at radius 1 is 1.10 bits per heavy atom. The minimum atomic E-state index is -4.66. The van der Waals surface area contributed by atoms with Crippen molar-refractivity contribution < 1.29 is 22.7 Å². The van der Waals surface area contributed by atoms with E-state index < -0.39 is 23.2 Å². The molecule has 10 nitrogen and oxygen atoms in total. The number of morpholine rings is 1. The summed E-state index contributed by atoms with van der Waals surface area (Å²) < 4.78 is 48.3. The molecule has 5 rings (SSSR count). The Bertz CT molecular complexity index is 1650. The number of nitrogens with one attached hydrogen (secondary N) is 1. The Kier molecular flexibility index (Phi) is 6.68. The van der Waals surface area contributed by atoms with Gasteiger partial charge in [0, 0.05) is 42.6 Å². The van der Waals surface area contributed by atoms with Crippen LogP contribution < -0.4 is 21.5 Å². The van der Waals surface area contributed by atoms with Gasteiger partial charge in [0.1, 0.15) is 11.2 Å². The summed E-state index contributed by atoms with van der Waals surface area (Å²) in [6, 6.07) is 8.34. The van der Waals surface area contributed by atoms with E-state index in [-0.39, 0.29) is 34.2 Å². The number of fused-ring (bicyclic) bond motifs is 1. The van der Waals surface area contributed by atoms with Gasteiger partial charge in [0.15, 0.2) is 5.65 Å². The van der Waals surface area contributed by atoms with Crippen molar-refractivity contribution in [2.24, 2.45) is 7.05 Å². The Morgan fingerprint density at radius 2 is 1.85 bits per heavy atom.